The van der Waals surface area contributed by atoms with E-state index in [2.05, 4.69) is 66.6 Å². The maximum Gasteiger partial charge on any atom is 0.417 e. The normalized spacial score (nSPS) is 8.56. The summed E-state index contributed by atoms with van der Waals surface area (Å²) in [6, 6.07) is 0. The molecular formula is C19H22Cl2O13. The second-order valence-electron chi connectivity index (χ2n) is 4.66. The first kappa shape index (κ1) is 35.0. The van der Waals surface area contributed by atoms with E-state index in [0.717, 1.165) is 18.2 Å². The zero-order chi connectivity index (χ0) is 26.9. The largest absolute Gasteiger partial charge is 0.460 e. The number of aliphatic hydroxyl groups excluding tert-OH is 1. The van der Waals surface area contributed by atoms with E-state index >= 15 is 0 Å². The number of ether oxygens (including phenoxy) is 5. The minimum Gasteiger partial charge on any atom is -0.460 e. The summed E-state index contributed by atoms with van der Waals surface area (Å²) in [6.07, 6.45) is 2.94. The number of carbonyl (C=O) groups excluding carboxylic acids is 7. The molecule has 0 bridgehead atoms. The van der Waals surface area contributed by atoms with Crippen LogP contribution in [-0.4, -0.2) is 85.1 Å². The SMILES string of the molecule is C=CC(=O)OCCO.C=CC(=O)OCCOC(=O)C(=O)OCCOC(=O)C=C.O=C(Cl)C(=O)Cl. The highest BCUT2D eigenvalue weighted by Gasteiger charge is 2.17. The van der Waals surface area contributed by atoms with Crippen molar-refractivity contribution in [1.29, 1.82) is 0 Å². The second kappa shape index (κ2) is 24.1. The van der Waals surface area contributed by atoms with Crippen molar-refractivity contribution in [3.63, 3.8) is 0 Å². The number of hydrogen-bond acceptors (Lipinski definition) is 13. The van der Waals surface area contributed by atoms with Crippen LogP contribution < -0.4 is 0 Å². The Bertz CT molecular complexity index is 696. The quantitative estimate of drug-likeness (QED) is 0.0872. The lowest BCUT2D eigenvalue weighted by Gasteiger charge is -2.06. The lowest BCUT2D eigenvalue weighted by Crippen LogP contribution is -2.24. The van der Waals surface area contributed by atoms with Gasteiger partial charge in [0.15, 0.2) is 0 Å². The molecular weight excluding hydrogens is 507 g/mol. The fourth-order valence-electron chi connectivity index (χ4n) is 0.994. The van der Waals surface area contributed by atoms with E-state index in [1.807, 2.05) is 0 Å². The van der Waals surface area contributed by atoms with Gasteiger partial charge in [0.05, 0.1) is 6.61 Å². The van der Waals surface area contributed by atoms with Gasteiger partial charge in [-0.05, 0) is 23.2 Å². The monoisotopic (exact) mass is 528 g/mol. The molecule has 0 radical (unpaired) electrons. The summed E-state index contributed by atoms with van der Waals surface area (Å²) in [5.74, 6) is -4.33. The molecule has 0 aromatic rings. The topological polar surface area (TPSA) is 186 Å². The molecule has 0 unspecified atom stereocenters. The molecule has 0 saturated carbocycles. The van der Waals surface area contributed by atoms with Crippen molar-refractivity contribution in [2.45, 2.75) is 0 Å². The van der Waals surface area contributed by atoms with Gasteiger partial charge in [0.2, 0.25) is 0 Å². The van der Waals surface area contributed by atoms with Gasteiger partial charge in [-0.3, -0.25) is 9.59 Å². The lowest BCUT2D eigenvalue weighted by atomic mass is 10.6. The first-order valence-corrected chi connectivity index (χ1v) is 9.43. The van der Waals surface area contributed by atoms with Gasteiger partial charge in [-0.15, -0.1) is 0 Å². The van der Waals surface area contributed by atoms with Gasteiger partial charge in [0.25, 0.3) is 0 Å². The van der Waals surface area contributed by atoms with Gasteiger partial charge in [0.1, 0.15) is 33.0 Å². The lowest BCUT2D eigenvalue weighted by molar-refractivity contribution is -0.170. The van der Waals surface area contributed by atoms with Crippen LogP contribution in [0.3, 0.4) is 0 Å². The average molecular weight is 529 g/mol. The smallest absolute Gasteiger partial charge is 0.417 e. The van der Waals surface area contributed by atoms with E-state index in [1.165, 1.54) is 0 Å². The van der Waals surface area contributed by atoms with Crippen molar-refractivity contribution < 1.29 is 62.4 Å². The van der Waals surface area contributed by atoms with Crippen molar-refractivity contribution in [2.75, 3.05) is 39.6 Å². The van der Waals surface area contributed by atoms with E-state index in [1.54, 1.807) is 0 Å². The Balaban J connectivity index is -0.000000560. The van der Waals surface area contributed by atoms with Gasteiger partial charge in [-0.2, -0.15) is 0 Å². The molecule has 0 saturated heterocycles. The summed E-state index contributed by atoms with van der Waals surface area (Å²) in [6.45, 7) is 8.39. The number of aliphatic hydroxyl groups is 1. The fraction of sp³-hybridized carbons (Fsp3) is 0.316. The minimum absolute atomic E-state index is 0.0465. The van der Waals surface area contributed by atoms with Crippen LogP contribution in [0.5, 0.6) is 0 Å². The molecule has 0 rings (SSSR count). The molecule has 34 heavy (non-hydrogen) atoms. The van der Waals surface area contributed by atoms with Crippen molar-refractivity contribution in [3.8, 4) is 0 Å². The van der Waals surface area contributed by atoms with Gasteiger partial charge in [-0.25, -0.2) is 24.0 Å². The number of halogens is 2. The molecule has 0 atom stereocenters. The Labute approximate surface area is 203 Å². The molecule has 0 aliphatic rings. The summed E-state index contributed by atoms with van der Waals surface area (Å²) in [5.41, 5.74) is 0. The molecule has 0 aliphatic carbocycles. The van der Waals surface area contributed by atoms with Gasteiger partial charge < -0.3 is 28.8 Å². The van der Waals surface area contributed by atoms with Gasteiger partial charge in [-0.1, -0.05) is 19.7 Å². The molecule has 0 fully saturated rings. The zero-order valence-electron chi connectivity index (χ0n) is 17.7. The third-order valence-electron chi connectivity index (χ3n) is 2.28. The number of hydrogen-bond donors (Lipinski definition) is 1. The molecule has 0 heterocycles. The fourth-order valence-corrected chi connectivity index (χ4v) is 0.994. The van der Waals surface area contributed by atoms with Crippen LogP contribution in [-0.2, 0) is 57.2 Å². The summed E-state index contributed by atoms with van der Waals surface area (Å²) >= 11 is 8.98. The average Bonchev–Trinajstić information content (AvgIpc) is 2.82. The second-order valence-corrected chi connectivity index (χ2v) is 5.34. The Morgan fingerprint density at radius 2 is 0.824 bits per heavy atom. The molecule has 0 aliphatic heterocycles. The van der Waals surface area contributed by atoms with Gasteiger partial charge >= 0.3 is 40.3 Å². The van der Waals surface area contributed by atoms with E-state index in [-0.39, 0.29) is 39.6 Å². The molecule has 1 N–H and O–H groups in total. The van der Waals surface area contributed by atoms with Gasteiger partial charge in [0, 0.05) is 18.2 Å². The molecule has 15 heteroatoms. The molecule has 13 nitrogen and oxygen atoms in total. The predicted molar refractivity (Wildman–Crippen MR) is 114 cm³/mol. The minimum atomic E-state index is -1.24. The molecule has 0 aromatic heterocycles. The van der Waals surface area contributed by atoms with Crippen LogP contribution in [0.15, 0.2) is 38.0 Å². The first-order chi connectivity index (χ1) is 16.0. The van der Waals surface area contributed by atoms with Crippen molar-refractivity contribution in [2.24, 2.45) is 0 Å². The van der Waals surface area contributed by atoms with Crippen LogP contribution >= 0.6 is 23.2 Å². The van der Waals surface area contributed by atoms with E-state index in [4.69, 9.17) is 5.11 Å². The summed E-state index contributed by atoms with van der Waals surface area (Å²) < 4.78 is 22.2. The third kappa shape index (κ3) is 26.5. The van der Waals surface area contributed by atoms with Crippen LogP contribution in [0.4, 0.5) is 0 Å². The third-order valence-corrected chi connectivity index (χ3v) is 2.72. The van der Waals surface area contributed by atoms with Crippen LogP contribution in [0.2, 0.25) is 0 Å². The maximum absolute atomic E-state index is 11.1. The molecule has 0 amide bonds. The Morgan fingerprint density at radius 3 is 1.06 bits per heavy atom. The van der Waals surface area contributed by atoms with Crippen molar-refractivity contribution in [1.82, 2.24) is 0 Å². The maximum atomic E-state index is 11.1. The van der Waals surface area contributed by atoms with Crippen LogP contribution in [0, 0.1) is 0 Å². The van der Waals surface area contributed by atoms with E-state index in [9.17, 15) is 33.6 Å². The van der Waals surface area contributed by atoms with Crippen LogP contribution in [0.1, 0.15) is 0 Å². The number of esters is 5. The van der Waals surface area contributed by atoms with Crippen LogP contribution in [0.25, 0.3) is 0 Å². The highest BCUT2D eigenvalue weighted by atomic mass is 35.5. The zero-order valence-corrected chi connectivity index (χ0v) is 19.2. The molecule has 0 aromatic carbocycles. The van der Waals surface area contributed by atoms with Crippen molar-refractivity contribution in [3.05, 3.63) is 38.0 Å². The molecule has 0 spiro atoms. The number of rotatable bonds is 12. The Kier molecular flexibility index (Phi) is 24.8. The molecule has 190 valence electrons. The predicted octanol–water partition coefficient (Wildman–Crippen LogP) is -0.244. The van der Waals surface area contributed by atoms with Crippen molar-refractivity contribution >= 4 is 63.5 Å². The highest BCUT2D eigenvalue weighted by molar-refractivity contribution is 6.97. The standard InChI is InChI=1S/C12H14O8.C5H8O3.C2Cl2O2/c1-3-9(13)17-5-7-19-11(15)12(16)20-8-6-18-10(14)4-2;1-2-5(7)8-4-3-6;3-1(5)2(4)6/h3-4H,1-2,5-8H2;2,6H,1,3-4H2;. The first-order valence-electron chi connectivity index (χ1n) is 8.68. The Morgan fingerprint density at radius 1 is 0.559 bits per heavy atom. The van der Waals surface area contributed by atoms with E-state index < -0.39 is 40.3 Å². The summed E-state index contributed by atoms with van der Waals surface area (Å²) in [4.78, 5) is 72.3. The Hall–Kier alpha value is -3.55. The summed E-state index contributed by atoms with van der Waals surface area (Å²) in [5, 5.41) is 5.82. The van der Waals surface area contributed by atoms with E-state index in [0.29, 0.717) is 0 Å². The highest BCUT2D eigenvalue weighted by Crippen LogP contribution is 1.88. The summed E-state index contributed by atoms with van der Waals surface area (Å²) in [7, 11) is 0. The number of carbonyl (C=O) groups is 7.